The lowest BCUT2D eigenvalue weighted by Gasteiger charge is -2.37. The molecule has 0 saturated heterocycles. The predicted octanol–water partition coefficient (Wildman–Crippen LogP) is 2.95. The molecule has 0 radical (unpaired) electrons. The van der Waals surface area contributed by atoms with Gasteiger partial charge in [-0.3, -0.25) is 4.68 Å². The number of hydrogen-bond acceptors (Lipinski definition) is 2. The molecule has 1 fully saturated rings. The van der Waals surface area contributed by atoms with Crippen molar-refractivity contribution in [2.75, 3.05) is 6.54 Å². The molecule has 0 aliphatic heterocycles. The van der Waals surface area contributed by atoms with Crippen LogP contribution in [0.2, 0.25) is 5.02 Å². The van der Waals surface area contributed by atoms with E-state index < -0.39 is 0 Å². The van der Waals surface area contributed by atoms with E-state index in [2.05, 4.69) is 24.3 Å². The molecule has 0 spiro atoms. The van der Waals surface area contributed by atoms with Gasteiger partial charge in [-0.2, -0.15) is 5.10 Å². The summed E-state index contributed by atoms with van der Waals surface area (Å²) in [4.78, 5) is 0. The van der Waals surface area contributed by atoms with Crippen molar-refractivity contribution in [3.05, 3.63) is 16.4 Å². The maximum Gasteiger partial charge on any atom is 0.0847 e. The number of rotatable bonds is 5. The molecule has 2 rings (SSSR count). The molecule has 4 heteroatoms. The summed E-state index contributed by atoms with van der Waals surface area (Å²) in [6, 6.07) is 0.578. The highest BCUT2D eigenvalue weighted by molar-refractivity contribution is 6.31. The quantitative estimate of drug-likeness (QED) is 0.891. The molecule has 3 nitrogen and oxygen atoms in total. The van der Waals surface area contributed by atoms with Crippen molar-refractivity contribution in [3.63, 3.8) is 0 Å². The third kappa shape index (κ3) is 2.89. The van der Waals surface area contributed by atoms with Crippen molar-refractivity contribution in [2.45, 2.75) is 46.1 Å². The van der Waals surface area contributed by atoms with Crippen LogP contribution in [0.25, 0.3) is 0 Å². The van der Waals surface area contributed by atoms with Gasteiger partial charge in [0.15, 0.2) is 0 Å². The fourth-order valence-corrected chi connectivity index (χ4v) is 2.95. The van der Waals surface area contributed by atoms with Gasteiger partial charge in [0.2, 0.25) is 0 Å². The Hall–Kier alpha value is -0.540. The van der Waals surface area contributed by atoms with E-state index in [0.29, 0.717) is 6.04 Å². The van der Waals surface area contributed by atoms with Crippen molar-refractivity contribution in [1.82, 2.24) is 15.1 Å². The maximum absolute atomic E-state index is 6.32. The minimum Gasteiger partial charge on any atom is -0.314 e. The summed E-state index contributed by atoms with van der Waals surface area (Å²) in [6.07, 6.45) is 3.74. The zero-order valence-corrected chi connectivity index (χ0v) is 12.6. The molecule has 1 heterocycles. The first-order chi connectivity index (χ1) is 8.49. The lowest BCUT2D eigenvalue weighted by molar-refractivity contribution is 0.165. The van der Waals surface area contributed by atoms with E-state index in [0.717, 1.165) is 35.5 Å². The second kappa shape index (κ2) is 5.62. The van der Waals surface area contributed by atoms with Crippen molar-refractivity contribution >= 4 is 11.6 Å². The first-order valence-corrected chi connectivity index (χ1v) is 7.28. The maximum atomic E-state index is 6.32. The summed E-state index contributed by atoms with van der Waals surface area (Å²) in [6.45, 7) is 7.52. The minimum absolute atomic E-state index is 0.578. The van der Waals surface area contributed by atoms with Gasteiger partial charge < -0.3 is 5.32 Å². The smallest absolute Gasteiger partial charge is 0.0847 e. The summed E-state index contributed by atoms with van der Waals surface area (Å²) in [5, 5.41) is 8.79. The Morgan fingerprint density at radius 3 is 2.50 bits per heavy atom. The van der Waals surface area contributed by atoms with Gasteiger partial charge in [0.25, 0.3) is 0 Å². The molecule has 18 heavy (non-hydrogen) atoms. The van der Waals surface area contributed by atoms with Crippen molar-refractivity contribution in [1.29, 1.82) is 0 Å². The highest BCUT2D eigenvalue weighted by Gasteiger charge is 2.32. The van der Waals surface area contributed by atoms with Crippen LogP contribution < -0.4 is 5.32 Å². The van der Waals surface area contributed by atoms with Gasteiger partial charge in [0, 0.05) is 13.1 Å². The van der Waals surface area contributed by atoms with Crippen LogP contribution in [0.1, 0.15) is 38.1 Å². The van der Waals surface area contributed by atoms with E-state index in [4.69, 9.17) is 11.6 Å². The highest BCUT2D eigenvalue weighted by atomic mass is 35.5. The van der Waals surface area contributed by atoms with Gasteiger partial charge in [-0.05, 0) is 44.6 Å². The molecule has 1 saturated carbocycles. The van der Waals surface area contributed by atoms with Gasteiger partial charge in [-0.25, -0.2) is 0 Å². The second-order valence-electron chi connectivity index (χ2n) is 5.83. The lowest BCUT2D eigenvalue weighted by Crippen LogP contribution is -2.39. The van der Waals surface area contributed by atoms with Crippen LogP contribution in [0.3, 0.4) is 0 Å². The molecule has 102 valence electrons. The fraction of sp³-hybridized carbons (Fsp3) is 0.786. The normalized spacial score (nSPS) is 23.4. The largest absolute Gasteiger partial charge is 0.314 e. The van der Waals surface area contributed by atoms with Gasteiger partial charge in [-0.1, -0.05) is 25.4 Å². The number of aromatic nitrogens is 2. The SMILES string of the molecule is Cc1nn(C)c(CC2CCC2CNC(C)C)c1Cl. The average Bonchev–Trinajstić information content (AvgIpc) is 2.49. The Balaban J connectivity index is 1.93. The Bertz CT molecular complexity index is 411. The van der Waals surface area contributed by atoms with Gasteiger partial charge >= 0.3 is 0 Å². The molecule has 1 aromatic rings. The molecular formula is C14H24ClN3. The zero-order chi connectivity index (χ0) is 13.3. The third-order valence-electron chi connectivity index (χ3n) is 4.08. The summed E-state index contributed by atoms with van der Waals surface area (Å²) in [5.41, 5.74) is 2.15. The van der Waals surface area contributed by atoms with E-state index in [1.807, 2.05) is 18.7 Å². The average molecular weight is 270 g/mol. The van der Waals surface area contributed by atoms with Crippen molar-refractivity contribution in [2.24, 2.45) is 18.9 Å². The first kappa shape index (κ1) is 13.9. The molecular weight excluding hydrogens is 246 g/mol. The Morgan fingerprint density at radius 2 is 2.06 bits per heavy atom. The first-order valence-electron chi connectivity index (χ1n) is 6.90. The zero-order valence-electron chi connectivity index (χ0n) is 11.8. The fourth-order valence-electron chi connectivity index (χ4n) is 2.71. The van der Waals surface area contributed by atoms with Crippen LogP contribution >= 0.6 is 11.6 Å². The topological polar surface area (TPSA) is 29.9 Å². The van der Waals surface area contributed by atoms with Crippen LogP contribution in [0.4, 0.5) is 0 Å². The molecule has 0 amide bonds. The van der Waals surface area contributed by atoms with Gasteiger partial charge in [-0.15, -0.1) is 0 Å². The van der Waals surface area contributed by atoms with Crippen molar-refractivity contribution < 1.29 is 0 Å². The highest BCUT2D eigenvalue weighted by Crippen LogP contribution is 2.37. The van der Waals surface area contributed by atoms with E-state index in [9.17, 15) is 0 Å². The number of hydrogen-bond donors (Lipinski definition) is 1. The standard InChI is InChI=1S/C14H24ClN3/c1-9(2)16-8-12-6-5-11(12)7-13-14(15)10(3)17-18(13)4/h9,11-12,16H,5-8H2,1-4H3. The van der Waals surface area contributed by atoms with Crippen LogP contribution in [0.5, 0.6) is 0 Å². The van der Waals surface area contributed by atoms with E-state index in [-0.39, 0.29) is 0 Å². The third-order valence-corrected chi connectivity index (χ3v) is 4.57. The van der Waals surface area contributed by atoms with Crippen molar-refractivity contribution in [3.8, 4) is 0 Å². The summed E-state index contributed by atoms with van der Waals surface area (Å²) in [5.74, 6) is 1.57. The minimum atomic E-state index is 0.578. The number of nitrogens with zero attached hydrogens (tertiary/aromatic N) is 2. The summed E-state index contributed by atoms with van der Waals surface area (Å²) < 4.78 is 1.95. The van der Waals surface area contributed by atoms with Crippen LogP contribution in [0.15, 0.2) is 0 Å². The number of halogens is 1. The predicted molar refractivity (Wildman–Crippen MR) is 76.0 cm³/mol. The molecule has 1 aliphatic carbocycles. The Labute approximate surface area is 115 Å². The molecule has 1 aromatic heterocycles. The Morgan fingerprint density at radius 1 is 1.39 bits per heavy atom. The summed E-state index contributed by atoms with van der Waals surface area (Å²) >= 11 is 6.32. The van der Waals surface area contributed by atoms with Crippen LogP contribution in [-0.2, 0) is 13.5 Å². The number of aryl methyl sites for hydroxylation is 2. The monoisotopic (exact) mass is 269 g/mol. The van der Waals surface area contributed by atoms with E-state index in [1.54, 1.807) is 0 Å². The molecule has 2 unspecified atom stereocenters. The van der Waals surface area contributed by atoms with Crippen LogP contribution in [-0.4, -0.2) is 22.4 Å². The summed E-state index contributed by atoms with van der Waals surface area (Å²) in [7, 11) is 1.99. The molecule has 1 aliphatic rings. The lowest BCUT2D eigenvalue weighted by atomic mass is 9.71. The molecule has 0 aromatic carbocycles. The van der Waals surface area contributed by atoms with Gasteiger partial charge in [0.05, 0.1) is 16.4 Å². The van der Waals surface area contributed by atoms with E-state index in [1.165, 1.54) is 18.5 Å². The molecule has 0 bridgehead atoms. The van der Waals surface area contributed by atoms with E-state index >= 15 is 0 Å². The Kier molecular flexibility index (Phi) is 4.33. The molecule has 1 N–H and O–H groups in total. The molecule has 2 atom stereocenters. The van der Waals surface area contributed by atoms with Crippen LogP contribution in [0, 0.1) is 18.8 Å². The number of nitrogens with one attached hydrogen (secondary N) is 1. The second-order valence-corrected chi connectivity index (χ2v) is 6.21. The van der Waals surface area contributed by atoms with Gasteiger partial charge in [0.1, 0.15) is 0 Å².